The van der Waals surface area contributed by atoms with Crippen molar-refractivity contribution in [2.45, 2.75) is 12.3 Å². The van der Waals surface area contributed by atoms with Crippen molar-refractivity contribution >= 4 is 17.6 Å². The SMILES string of the molecule is N#CCc1ccc(NC(=O)COC(=O)C(c2ccccc2)c2ccccc2)cc1. The van der Waals surface area contributed by atoms with Crippen LogP contribution in [0.1, 0.15) is 22.6 Å². The van der Waals surface area contributed by atoms with Crippen LogP contribution in [0.4, 0.5) is 5.69 Å². The smallest absolute Gasteiger partial charge is 0.318 e. The summed E-state index contributed by atoms with van der Waals surface area (Å²) in [6.45, 7) is -0.380. The fourth-order valence-corrected chi connectivity index (χ4v) is 2.97. The summed E-state index contributed by atoms with van der Waals surface area (Å²) in [5, 5.41) is 11.4. The Labute approximate surface area is 169 Å². The zero-order chi connectivity index (χ0) is 20.5. The van der Waals surface area contributed by atoms with E-state index in [0.717, 1.165) is 16.7 Å². The van der Waals surface area contributed by atoms with E-state index in [1.807, 2.05) is 60.7 Å². The van der Waals surface area contributed by atoms with E-state index in [1.165, 1.54) is 0 Å². The number of hydrogen-bond acceptors (Lipinski definition) is 4. The van der Waals surface area contributed by atoms with E-state index in [4.69, 9.17) is 10.00 Å². The summed E-state index contributed by atoms with van der Waals surface area (Å²) in [4.78, 5) is 25.0. The molecular weight excluding hydrogens is 364 g/mol. The third-order valence-corrected chi connectivity index (χ3v) is 4.37. The van der Waals surface area contributed by atoms with Gasteiger partial charge < -0.3 is 10.1 Å². The van der Waals surface area contributed by atoms with Crippen LogP contribution in [0.25, 0.3) is 0 Å². The Bertz CT molecular complexity index is 954. The molecule has 0 fully saturated rings. The molecule has 0 unspecified atom stereocenters. The lowest BCUT2D eigenvalue weighted by Crippen LogP contribution is -2.24. The van der Waals surface area contributed by atoms with Crippen molar-refractivity contribution in [3.05, 3.63) is 102 Å². The average Bonchev–Trinajstić information content (AvgIpc) is 2.76. The van der Waals surface area contributed by atoms with Gasteiger partial charge in [0, 0.05) is 5.69 Å². The van der Waals surface area contributed by atoms with Gasteiger partial charge in [-0.25, -0.2) is 0 Å². The van der Waals surface area contributed by atoms with Crippen molar-refractivity contribution in [2.24, 2.45) is 0 Å². The molecule has 0 atom stereocenters. The van der Waals surface area contributed by atoms with Gasteiger partial charge in [0.2, 0.25) is 0 Å². The minimum Gasteiger partial charge on any atom is -0.455 e. The molecule has 0 heterocycles. The van der Waals surface area contributed by atoms with Crippen molar-refractivity contribution in [3.63, 3.8) is 0 Å². The van der Waals surface area contributed by atoms with Crippen molar-refractivity contribution in [3.8, 4) is 6.07 Å². The Hall–Kier alpha value is -3.91. The molecule has 29 heavy (non-hydrogen) atoms. The molecule has 0 aliphatic heterocycles. The summed E-state index contributed by atoms with van der Waals surface area (Å²) >= 11 is 0. The van der Waals surface area contributed by atoms with Gasteiger partial charge in [0.25, 0.3) is 5.91 Å². The summed E-state index contributed by atoms with van der Waals surface area (Å²) in [6.07, 6.45) is 0.312. The van der Waals surface area contributed by atoms with Crippen molar-refractivity contribution < 1.29 is 14.3 Å². The van der Waals surface area contributed by atoms with Gasteiger partial charge >= 0.3 is 5.97 Å². The lowest BCUT2D eigenvalue weighted by atomic mass is 9.91. The number of nitriles is 1. The quantitative estimate of drug-likeness (QED) is 0.623. The number of carbonyl (C=O) groups is 2. The maximum absolute atomic E-state index is 12.8. The number of nitrogens with one attached hydrogen (secondary N) is 1. The van der Waals surface area contributed by atoms with Crippen LogP contribution < -0.4 is 5.32 Å². The highest BCUT2D eigenvalue weighted by molar-refractivity contribution is 5.93. The highest BCUT2D eigenvalue weighted by Gasteiger charge is 2.24. The second-order valence-electron chi connectivity index (χ2n) is 6.44. The van der Waals surface area contributed by atoms with Crippen LogP contribution >= 0.6 is 0 Å². The number of hydrogen-bond donors (Lipinski definition) is 1. The van der Waals surface area contributed by atoms with E-state index < -0.39 is 17.8 Å². The molecular formula is C24H20N2O3. The summed E-state index contributed by atoms with van der Waals surface area (Å²) in [6, 6.07) is 27.7. The van der Waals surface area contributed by atoms with E-state index in [-0.39, 0.29) is 6.61 Å². The van der Waals surface area contributed by atoms with Gasteiger partial charge in [-0.15, -0.1) is 0 Å². The number of carbonyl (C=O) groups excluding carboxylic acids is 2. The lowest BCUT2D eigenvalue weighted by Gasteiger charge is -2.17. The molecule has 0 aliphatic carbocycles. The zero-order valence-corrected chi connectivity index (χ0v) is 15.7. The molecule has 0 radical (unpaired) electrons. The number of benzene rings is 3. The third-order valence-electron chi connectivity index (χ3n) is 4.37. The largest absolute Gasteiger partial charge is 0.455 e. The van der Waals surface area contributed by atoms with Gasteiger partial charge in [-0.1, -0.05) is 72.8 Å². The molecule has 0 bridgehead atoms. The van der Waals surface area contributed by atoms with Crippen LogP contribution in [-0.4, -0.2) is 18.5 Å². The van der Waals surface area contributed by atoms with E-state index in [1.54, 1.807) is 24.3 Å². The standard InChI is InChI=1S/C24H20N2O3/c25-16-15-18-11-13-21(14-12-18)26-22(27)17-29-24(28)23(19-7-3-1-4-8-19)20-9-5-2-6-10-20/h1-14,23H,15,17H2,(H,26,27). The Morgan fingerprint density at radius 2 is 1.41 bits per heavy atom. The minimum absolute atomic E-state index is 0.312. The molecule has 0 aliphatic rings. The highest BCUT2D eigenvalue weighted by atomic mass is 16.5. The van der Waals surface area contributed by atoms with Crippen LogP contribution in [0.2, 0.25) is 0 Å². The van der Waals surface area contributed by atoms with Crippen molar-refractivity contribution in [1.29, 1.82) is 5.26 Å². The molecule has 0 spiro atoms. The van der Waals surface area contributed by atoms with Crippen LogP contribution in [0.3, 0.4) is 0 Å². The Kier molecular flexibility index (Phi) is 6.75. The molecule has 3 rings (SSSR count). The molecule has 3 aromatic rings. The van der Waals surface area contributed by atoms with Gasteiger partial charge in [-0.3, -0.25) is 9.59 Å². The number of anilines is 1. The van der Waals surface area contributed by atoms with E-state index in [9.17, 15) is 9.59 Å². The van der Waals surface area contributed by atoms with Crippen LogP contribution in [-0.2, 0) is 20.7 Å². The van der Waals surface area contributed by atoms with Crippen LogP contribution in [0, 0.1) is 11.3 Å². The van der Waals surface area contributed by atoms with Crippen LogP contribution in [0.5, 0.6) is 0 Å². The maximum Gasteiger partial charge on any atom is 0.318 e. The zero-order valence-electron chi connectivity index (χ0n) is 15.7. The molecule has 0 aromatic heterocycles. The normalized spacial score (nSPS) is 10.2. The minimum atomic E-state index is -0.601. The molecule has 1 amide bonds. The van der Waals surface area contributed by atoms with E-state index in [0.29, 0.717) is 12.1 Å². The van der Waals surface area contributed by atoms with Crippen molar-refractivity contribution in [1.82, 2.24) is 0 Å². The summed E-state index contributed by atoms with van der Waals surface area (Å²) in [5.41, 5.74) is 3.05. The molecule has 0 saturated heterocycles. The number of ether oxygens (including phenoxy) is 1. The second-order valence-corrected chi connectivity index (χ2v) is 6.44. The Balaban J connectivity index is 1.64. The third kappa shape index (κ3) is 5.53. The van der Waals surface area contributed by atoms with Crippen molar-refractivity contribution in [2.75, 3.05) is 11.9 Å². The summed E-state index contributed by atoms with van der Waals surface area (Å²) in [7, 11) is 0. The maximum atomic E-state index is 12.8. The first kappa shape index (κ1) is 19.8. The number of rotatable bonds is 7. The average molecular weight is 384 g/mol. The van der Waals surface area contributed by atoms with Crippen LogP contribution in [0.15, 0.2) is 84.9 Å². The summed E-state index contributed by atoms with van der Waals surface area (Å²) in [5.74, 6) is -1.51. The first-order chi connectivity index (χ1) is 14.2. The van der Waals surface area contributed by atoms with Gasteiger partial charge in [0.1, 0.15) is 5.92 Å². The van der Waals surface area contributed by atoms with E-state index >= 15 is 0 Å². The highest BCUT2D eigenvalue weighted by Crippen LogP contribution is 2.26. The molecule has 5 heteroatoms. The topological polar surface area (TPSA) is 79.2 Å². The predicted molar refractivity (Wildman–Crippen MR) is 110 cm³/mol. The van der Waals surface area contributed by atoms with Gasteiger partial charge in [-0.2, -0.15) is 5.26 Å². The second kappa shape index (κ2) is 9.86. The first-order valence-corrected chi connectivity index (χ1v) is 9.19. The van der Waals surface area contributed by atoms with Gasteiger partial charge in [-0.05, 0) is 28.8 Å². The first-order valence-electron chi connectivity index (χ1n) is 9.19. The summed E-state index contributed by atoms with van der Waals surface area (Å²) < 4.78 is 5.32. The molecule has 0 saturated carbocycles. The number of nitrogens with zero attached hydrogens (tertiary/aromatic N) is 1. The molecule has 5 nitrogen and oxygen atoms in total. The lowest BCUT2D eigenvalue weighted by molar-refractivity contribution is -0.147. The molecule has 3 aromatic carbocycles. The predicted octanol–water partition coefficient (Wildman–Crippen LogP) is 4.07. The monoisotopic (exact) mass is 384 g/mol. The molecule has 1 N–H and O–H groups in total. The number of esters is 1. The fourth-order valence-electron chi connectivity index (χ4n) is 2.97. The van der Waals surface area contributed by atoms with Gasteiger partial charge in [0.05, 0.1) is 12.5 Å². The van der Waals surface area contributed by atoms with E-state index in [2.05, 4.69) is 11.4 Å². The Morgan fingerprint density at radius 1 is 0.862 bits per heavy atom. The molecule has 144 valence electrons. The Morgan fingerprint density at radius 3 is 1.93 bits per heavy atom. The fraction of sp³-hybridized carbons (Fsp3) is 0.125. The number of amides is 1. The van der Waals surface area contributed by atoms with Gasteiger partial charge in [0.15, 0.2) is 6.61 Å².